The van der Waals surface area contributed by atoms with Crippen molar-refractivity contribution >= 4 is 17.4 Å². The maximum Gasteiger partial charge on any atom is 0.499 e. The van der Waals surface area contributed by atoms with Gasteiger partial charge in [0.2, 0.25) is 0 Å². The number of hydrogen-bond acceptors (Lipinski definition) is 5. The molecule has 0 fully saturated rings. The number of aromatic nitrogens is 4. The van der Waals surface area contributed by atoms with Crippen molar-refractivity contribution in [3.63, 3.8) is 0 Å². The topological polar surface area (TPSA) is 86.3 Å². The molecule has 0 aliphatic heterocycles. The summed E-state index contributed by atoms with van der Waals surface area (Å²) in [5, 5.41) is 9.17. The molecule has 0 saturated carbocycles. The molecule has 246 valence electrons. The smallest absolute Gasteiger partial charge is 0.426 e. The third-order valence-corrected chi connectivity index (χ3v) is 8.08. The van der Waals surface area contributed by atoms with Gasteiger partial charge in [0.25, 0.3) is 0 Å². The van der Waals surface area contributed by atoms with Crippen LogP contribution in [0, 0.1) is 6.92 Å². The van der Waals surface area contributed by atoms with E-state index in [4.69, 9.17) is 0 Å². The number of carbonyl (C=O) groups excluding carboxylic acids is 1. The fourth-order valence-electron chi connectivity index (χ4n) is 4.72. The lowest BCUT2D eigenvalue weighted by Crippen LogP contribution is -2.41. The maximum atomic E-state index is 13.2. The zero-order valence-corrected chi connectivity index (χ0v) is 26.6. The number of ether oxygens (including phenoxy) is 1. The van der Waals surface area contributed by atoms with E-state index in [0.29, 0.717) is 34.3 Å². The quantitative estimate of drug-likeness (QED) is 0.160. The molecule has 47 heavy (non-hydrogen) atoms. The van der Waals surface area contributed by atoms with Crippen molar-refractivity contribution in [3.8, 4) is 28.5 Å². The SMILES string of the molecule is Cc1ccc(C(C)C)c(-n2ccsc2=NC(=O)NCC(C)c2ccc(-c3ncn(-c4ccc(OC(F)(F)C(F)(F)F)cc4)n3)cc2)c1. The van der Waals surface area contributed by atoms with Crippen LogP contribution in [0.4, 0.5) is 26.7 Å². The minimum atomic E-state index is -5.84. The Hall–Kier alpha value is -4.85. The number of carbonyl (C=O) groups is 1. The minimum Gasteiger partial charge on any atom is -0.426 e. The van der Waals surface area contributed by atoms with Crippen molar-refractivity contribution in [3.05, 3.63) is 106 Å². The number of thiazole rings is 1. The maximum absolute atomic E-state index is 13.2. The van der Waals surface area contributed by atoms with Gasteiger partial charge in [-0.2, -0.15) is 26.9 Å². The molecule has 0 bridgehead atoms. The van der Waals surface area contributed by atoms with Crippen LogP contribution in [0.3, 0.4) is 0 Å². The number of benzene rings is 3. The standard InChI is InChI=1S/C33H31F5N6O2S/c1-20(2)27-14-5-21(3)17-28(27)43-15-16-47-31(43)41-30(45)39-18-22(4)23-6-8-24(9-7-23)29-40-19-44(42-29)25-10-12-26(13-11-25)46-33(37,38)32(34,35)36/h5-17,19-20,22H,18H2,1-4H3,(H,39,45). The summed E-state index contributed by atoms with van der Waals surface area (Å²) < 4.78 is 70.7. The molecule has 1 N–H and O–H groups in total. The molecular weight excluding hydrogens is 639 g/mol. The highest BCUT2D eigenvalue weighted by atomic mass is 32.1. The first-order chi connectivity index (χ1) is 22.2. The molecule has 1 atom stereocenters. The third kappa shape index (κ3) is 7.76. The number of nitrogens with one attached hydrogen (secondary N) is 1. The lowest BCUT2D eigenvalue weighted by molar-refractivity contribution is -0.360. The summed E-state index contributed by atoms with van der Waals surface area (Å²) in [7, 11) is 0. The summed E-state index contributed by atoms with van der Waals surface area (Å²) in [6.07, 6.45) is -7.84. The molecule has 0 aliphatic rings. The number of hydrogen-bond donors (Lipinski definition) is 1. The van der Waals surface area contributed by atoms with Gasteiger partial charge < -0.3 is 10.1 Å². The van der Waals surface area contributed by atoms with E-state index in [-0.39, 0.29) is 5.92 Å². The molecule has 0 aliphatic carbocycles. The van der Waals surface area contributed by atoms with E-state index in [1.165, 1.54) is 34.5 Å². The van der Waals surface area contributed by atoms with Gasteiger partial charge in [-0.3, -0.25) is 4.57 Å². The summed E-state index contributed by atoms with van der Waals surface area (Å²) >= 11 is 1.38. The van der Waals surface area contributed by atoms with E-state index < -0.39 is 24.1 Å². The van der Waals surface area contributed by atoms with E-state index in [1.54, 1.807) is 0 Å². The molecule has 1 unspecified atom stereocenters. The van der Waals surface area contributed by atoms with Gasteiger partial charge in [-0.05, 0) is 65.8 Å². The second kappa shape index (κ2) is 13.5. The average molecular weight is 671 g/mol. The predicted molar refractivity (Wildman–Crippen MR) is 168 cm³/mol. The Morgan fingerprint density at radius 3 is 2.36 bits per heavy atom. The van der Waals surface area contributed by atoms with Gasteiger partial charge in [-0.1, -0.05) is 57.2 Å². The molecular formula is C33H31F5N6O2S. The fraction of sp³-hybridized carbons (Fsp3) is 0.273. The van der Waals surface area contributed by atoms with Crippen LogP contribution < -0.4 is 14.9 Å². The molecule has 3 aromatic carbocycles. The number of urea groups is 1. The molecule has 5 aromatic rings. The number of amides is 2. The monoisotopic (exact) mass is 670 g/mol. The van der Waals surface area contributed by atoms with Crippen LogP contribution in [0.15, 0.2) is 89.6 Å². The normalized spacial score (nSPS) is 13.2. The van der Waals surface area contributed by atoms with E-state index in [1.807, 2.05) is 54.3 Å². The molecule has 0 radical (unpaired) electrons. The number of halogens is 5. The second-order valence-corrected chi connectivity index (χ2v) is 12.1. The Balaban J connectivity index is 1.21. The fourth-order valence-corrected chi connectivity index (χ4v) is 5.44. The van der Waals surface area contributed by atoms with Crippen LogP contribution in [0.1, 0.15) is 49.3 Å². The van der Waals surface area contributed by atoms with Crippen molar-refractivity contribution in [2.24, 2.45) is 4.99 Å². The van der Waals surface area contributed by atoms with Gasteiger partial charge in [-0.15, -0.1) is 16.4 Å². The van der Waals surface area contributed by atoms with Crippen LogP contribution in [0.25, 0.3) is 22.8 Å². The van der Waals surface area contributed by atoms with Crippen molar-refractivity contribution < 1.29 is 31.5 Å². The summed E-state index contributed by atoms with van der Waals surface area (Å²) in [6.45, 7) is 8.62. The second-order valence-electron chi connectivity index (χ2n) is 11.2. The number of alkyl halides is 5. The minimum absolute atomic E-state index is 0.0288. The Labute approximate surface area is 271 Å². The van der Waals surface area contributed by atoms with E-state index in [2.05, 4.69) is 57.2 Å². The molecule has 0 saturated heterocycles. The average Bonchev–Trinajstić information content (AvgIpc) is 3.70. The van der Waals surface area contributed by atoms with Gasteiger partial charge in [0, 0.05) is 23.7 Å². The van der Waals surface area contributed by atoms with Crippen LogP contribution in [0.2, 0.25) is 0 Å². The highest BCUT2D eigenvalue weighted by Gasteiger charge is 2.61. The van der Waals surface area contributed by atoms with Crippen molar-refractivity contribution in [1.29, 1.82) is 0 Å². The van der Waals surface area contributed by atoms with Crippen LogP contribution in [0.5, 0.6) is 5.75 Å². The highest BCUT2D eigenvalue weighted by Crippen LogP contribution is 2.37. The van der Waals surface area contributed by atoms with Gasteiger partial charge in [0.15, 0.2) is 10.6 Å². The molecule has 2 heterocycles. The Bertz CT molecular complexity index is 1910. The largest absolute Gasteiger partial charge is 0.499 e. The molecule has 14 heteroatoms. The van der Waals surface area contributed by atoms with Crippen LogP contribution in [-0.4, -0.2) is 44.2 Å². The van der Waals surface area contributed by atoms with E-state index in [9.17, 15) is 26.7 Å². The first-order valence-corrected chi connectivity index (χ1v) is 15.5. The summed E-state index contributed by atoms with van der Waals surface area (Å²) in [4.78, 5) is 22.0. The Morgan fingerprint density at radius 2 is 1.70 bits per heavy atom. The Kier molecular flexibility index (Phi) is 9.61. The molecule has 8 nitrogen and oxygen atoms in total. The van der Waals surface area contributed by atoms with Gasteiger partial charge in [0.1, 0.15) is 12.1 Å². The number of rotatable bonds is 9. The summed E-state index contributed by atoms with van der Waals surface area (Å²) in [5.74, 6) is -0.00434. The number of aryl methyl sites for hydroxylation is 1. The first kappa shape index (κ1) is 33.5. The van der Waals surface area contributed by atoms with Gasteiger partial charge >= 0.3 is 18.3 Å². The van der Waals surface area contributed by atoms with Crippen molar-refractivity contribution in [2.45, 2.75) is 51.8 Å². The van der Waals surface area contributed by atoms with Gasteiger partial charge in [0.05, 0.1) is 11.4 Å². The van der Waals surface area contributed by atoms with Crippen molar-refractivity contribution in [2.75, 3.05) is 6.54 Å². The van der Waals surface area contributed by atoms with Crippen LogP contribution >= 0.6 is 11.3 Å². The van der Waals surface area contributed by atoms with E-state index >= 15 is 0 Å². The van der Waals surface area contributed by atoms with Gasteiger partial charge in [-0.25, -0.2) is 14.5 Å². The lowest BCUT2D eigenvalue weighted by Gasteiger charge is -2.20. The molecule has 5 rings (SSSR count). The number of nitrogens with zero attached hydrogens (tertiary/aromatic N) is 5. The van der Waals surface area contributed by atoms with E-state index in [0.717, 1.165) is 34.5 Å². The zero-order valence-electron chi connectivity index (χ0n) is 25.8. The summed E-state index contributed by atoms with van der Waals surface area (Å²) in [5.41, 5.74) is 5.32. The summed E-state index contributed by atoms with van der Waals surface area (Å²) in [6, 6.07) is 17.8. The first-order valence-electron chi connectivity index (χ1n) is 14.6. The molecule has 2 aromatic heterocycles. The molecule has 2 amide bonds. The predicted octanol–water partition coefficient (Wildman–Crippen LogP) is 8.17. The highest BCUT2D eigenvalue weighted by molar-refractivity contribution is 7.07. The van der Waals surface area contributed by atoms with Crippen molar-refractivity contribution in [1.82, 2.24) is 24.6 Å². The zero-order chi connectivity index (χ0) is 33.9. The molecule has 0 spiro atoms. The lowest BCUT2D eigenvalue weighted by atomic mass is 9.99. The third-order valence-electron chi connectivity index (χ3n) is 7.32. The Morgan fingerprint density at radius 1 is 1.00 bits per heavy atom. The van der Waals surface area contributed by atoms with Crippen LogP contribution in [-0.2, 0) is 0 Å².